The minimum absolute atomic E-state index is 0.0872. The van der Waals surface area contributed by atoms with Crippen molar-refractivity contribution in [2.24, 2.45) is 0 Å². The zero-order valence-electron chi connectivity index (χ0n) is 16.6. The Hall–Kier alpha value is -3.13. The molecule has 152 valence electrons. The first kappa shape index (κ1) is 19.2. The lowest BCUT2D eigenvalue weighted by Crippen LogP contribution is -2.42. The summed E-state index contributed by atoms with van der Waals surface area (Å²) in [6, 6.07) is 7.74. The Balaban J connectivity index is 1.53. The predicted octanol–water partition coefficient (Wildman–Crippen LogP) is 1.98. The highest BCUT2D eigenvalue weighted by Gasteiger charge is 2.18. The molecule has 2 aromatic heterocycles. The molecule has 29 heavy (non-hydrogen) atoms. The fourth-order valence-corrected chi connectivity index (χ4v) is 3.59. The van der Waals surface area contributed by atoms with Crippen LogP contribution in [0, 0.1) is 0 Å². The topological polar surface area (TPSA) is 90.3 Å². The van der Waals surface area contributed by atoms with Crippen LogP contribution in [0.2, 0.25) is 0 Å². The maximum atomic E-state index is 12.6. The minimum Gasteiger partial charge on any atom is -0.497 e. The fraction of sp³-hybridized carbons (Fsp3) is 0.381. The van der Waals surface area contributed by atoms with E-state index in [2.05, 4.69) is 20.7 Å². The van der Waals surface area contributed by atoms with Gasteiger partial charge in [0.1, 0.15) is 11.5 Å². The van der Waals surface area contributed by atoms with Gasteiger partial charge < -0.3 is 20.1 Å². The molecule has 0 radical (unpaired) electrons. The molecule has 1 aromatic carbocycles. The van der Waals surface area contributed by atoms with Crippen molar-refractivity contribution >= 4 is 16.9 Å². The SMILES string of the molecule is COc1ccc(Cn2ncc3cc(C(=O)NC4CCNCC4)cnc32)c(OC)c1. The lowest BCUT2D eigenvalue weighted by atomic mass is 10.1. The lowest BCUT2D eigenvalue weighted by Gasteiger charge is -2.23. The first-order chi connectivity index (χ1) is 14.2. The number of ether oxygens (including phenoxy) is 2. The van der Waals surface area contributed by atoms with E-state index in [9.17, 15) is 4.79 Å². The molecule has 1 amide bonds. The molecule has 1 aliphatic rings. The molecule has 0 aliphatic carbocycles. The number of piperidine rings is 1. The number of carbonyl (C=O) groups excluding carboxylic acids is 1. The van der Waals surface area contributed by atoms with E-state index in [1.807, 2.05) is 24.3 Å². The quantitative estimate of drug-likeness (QED) is 0.663. The molecular weight excluding hydrogens is 370 g/mol. The number of hydrogen-bond acceptors (Lipinski definition) is 6. The van der Waals surface area contributed by atoms with E-state index >= 15 is 0 Å². The van der Waals surface area contributed by atoms with Gasteiger partial charge in [0.15, 0.2) is 5.65 Å². The van der Waals surface area contributed by atoms with E-state index in [1.54, 1.807) is 31.3 Å². The van der Waals surface area contributed by atoms with Gasteiger partial charge >= 0.3 is 0 Å². The third-order valence-electron chi connectivity index (χ3n) is 5.23. The summed E-state index contributed by atoms with van der Waals surface area (Å²) in [4.78, 5) is 17.1. The third kappa shape index (κ3) is 4.17. The van der Waals surface area contributed by atoms with E-state index in [0.717, 1.165) is 54.0 Å². The first-order valence-corrected chi connectivity index (χ1v) is 9.72. The van der Waals surface area contributed by atoms with Gasteiger partial charge in [0.2, 0.25) is 0 Å². The van der Waals surface area contributed by atoms with Crippen LogP contribution in [-0.4, -0.2) is 54.0 Å². The van der Waals surface area contributed by atoms with Crippen molar-refractivity contribution in [1.82, 2.24) is 25.4 Å². The summed E-state index contributed by atoms with van der Waals surface area (Å²) in [5, 5.41) is 11.7. The average Bonchev–Trinajstić information content (AvgIpc) is 3.16. The Bertz CT molecular complexity index is 1010. The number of nitrogens with zero attached hydrogens (tertiary/aromatic N) is 3. The van der Waals surface area contributed by atoms with Crippen LogP contribution < -0.4 is 20.1 Å². The van der Waals surface area contributed by atoms with Gasteiger partial charge in [0.25, 0.3) is 5.91 Å². The molecule has 0 unspecified atom stereocenters. The Morgan fingerprint density at radius 1 is 1.21 bits per heavy atom. The van der Waals surface area contributed by atoms with Crippen molar-refractivity contribution in [3.05, 3.63) is 47.8 Å². The van der Waals surface area contributed by atoms with E-state index in [1.165, 1.54) is 0 Å². The minimum atomic E-state index is -0.0872. The van der Waals surface area contributed by atoms with Crippen molar-refractivity contribution in [2.75, 3.05) is 27.3 Å². The van der Waals surface area contributed by atoms with Crippen LogP contribution in [0.3, 0.4) is 0 Å². The molecule has 1 fully saturated rings. The van der Waals surface area contributed by atoms with Gasteiger partial charge in [-0.3, -0.25) is 4.79 Å². The van der Waals surface area contributed by atoms with Crippen LogP contribution in [0.15, 0.2) is 36.7 Å². The van der Waals surface area contributed by atoms with Gasteiger partial charge in [0, 0.05) is 29.3 Å². The Labute approximate surface area is 169 Å². The molecule has 0 atom stereocenters. The summed E-state index contributed by atoms with van der Waals surface area (Å²) in [6.45, 7) is 2.37. The van der Waals surface area contributed by atoms with E-state index in [-0.39, 0.29) is 11.9 Å². The molecule has 4 rings (SSSR count). The molecule has 8 heteroatoms. The maximum absolute atomic E-state index is 12.6. The van der Waals surface area contributed by atoms with Gasteiger partial charge in [-0.05, 0) is 44.1 Å². The van der Waals surface area contributed by atoms with E-state index < -0.39 is 0 Å². The second-order valence-corrected chi connectivity index (χ2v) is 7.11. The van der Waals surface area contributed by atoms with Crippen molar-refractivity contribution in [1.29, 1.82) is 0 Å². The number of carbonyl (C=O) groups is 1. The summed E-state index contributed by atoms with van der Waals surface area (Å²) in [5.41, 5.74) is 2.24. The van der Waals surface area contributed by atoms with E-state index in [4.69, 9.17) is 9.47 Å². The number of benzene rings is 1. The predicted molar refractivity (Wildman–Crippen MR) is 110 cm³/mol. The molecule has 8 nitrogen and oxygen atoms in total. The van der Waals surface area contributed by atoms with Crippen molar-refractivity contribution < 1.29 is 14.3 Å². The van der Waals surface area contributed by atoms with Crippen molar-refractivity contribution in [3.8, 4) is 11.5 Å². The molecule has 0 bridgehead atoms. The average molecular weight is 395 g/mol. The smallest absolute Gasteiger partial charge is 0.253 e. The maximum Gasteiger partial charge on any atom is 0.253 e. The molecule has 0 spiro atoms. The number of rotatable bonds is 6. The van der Waals surface area contributed by atoms with Crippen LogP contribution >= 0.6 is 0 Å². The first-order valence-electron chi connectivity index (χ1n) is 9.72. The second kappa shape index (κ2) is 8.48. The van der Waals surface area contributed by atoms with Crippen molar-refractivity contribution in [2.45, 2.75) is 25.4 Å². The molecule has 3 heterocycles. The fourth-order valence-electron chi connectivity index (χ4n) is 3.59. The number of fused-ring (bicyclic) bond motifs is 1. The molecule has 3 aromatic rings. The van der Waals surface area contributed by atoms with Crippen LogP contribution in [0.5, 0.6) is 11.5 Å². The second-order valence-electron chi connectivity index (χ2n) is 7.11. The Morgan fingerprint density at radius 3 is 2.79 bits per heavy atom. The van der Waals surface area contributed by atoms with Gasteiger partial charge in [-0.25, -0.2) is 9.67 Å². The molecule has 0 saturated carbocycles. The highest BCUT2D eigenvalue weighted by Crippen LogP contribution is 2.26. The Kier molecular flexibility index (Phi) is 5.62. The number of aromatic nitrogens is 3. The van der Waals surface area contributed by atoms with Gasteiger partial charge in [-0.1, -0.05) is 0 Å². The van der Waals surface area contributed by atoms with Gasteiger partial charge in [-0.2, -0.15) is 5.10 Å². The molecular formula is C21H25N5O3. The number of pyridine rings is 1. The summed E-state index contributed by atoms with van der Waals surface area (Å²) in [5.74, 6) is 1.38. The highest BCUT2D eigenvalue weighted by atomic mass is 16.5. The van der Waals surface area contributed by atoms with Gasteiger partial charge in [-0.15, -0.1) is 0 Å². The zero-order chi connectivity index (χ0) is 20.2. The van der Waals surface area contributed by atoms with E-state index in [0.29, 0.717) is 12.1 Å². The molecule has 1 aliphatic heterocycles. The number of methoxy groups -OCH3 is 2. The van der Waals surface area contributed by atoms with Crippen LogP contribution in [0.25, 0.3) is 11.0 Å². The monoisotopic (exact) mass is 395 g/mol. The lowest BCUT2D eigenvalue weighted by molar-refractivity contribution is 0.0929. The molecule has 2 N–H and O–H groups in total. The molecule has 1 saturated heterocycles. The number of hydrogen-bond donors (Lipinski definition) is 2. The summed E-state index contributed by atoms with van der Waals surface area (Å²) in [6.07, 6.45) is 5.24. The summed E-state index contributed by atoms with van der Waals surface area (Å²) in [7, 11) is 3.25. The van der Waals surface area contributed by atoms with Crippen LogP contribution in [0.1, 0.15) is 28.8 Å². The third-order valence-corrected chi connectivity index (χ3v) is 5.23. The van der Waals surface area contributed by atoms with Crippen LogP contribution in [-0.2, 0) is 6.54 Å². The number of amides is 1. The number of nitrogens with one attached hydrogen (secondary N) is 2. The summed E-state index contributed by atoms with van der Waals surface area (Å²) >= 11 is 0. The Morgan fingerprint density at radius 2 is 2.03 bits per heavy atom. The highest BCUT2D eigenvalue weighted by molar-refractivity contribution is 5.97. The van der Waals surface area contributed by atoms with Crippen molar-refractivity contribution in [3.63, 3.8) is 0 Å². The summed E-state index contributed by atoms with van der Waals surface area (Å²) < 4.78 is 12.5. The standard InChI is InChI=1S/C21H25N5O3/c1-28-18-4-3-14(19(10-18)29-2)13-26-20-15(12-24-26)9-16(11-23-20)21(27)25-17-5-7-22-8-6-17/h3-4,9-12,17,22H,5-8,13H2,1-2H3,(H,25,27). The van der Waals surface area contributed by atoms with Crippen LogP contribution in [0.4, 0.5) is 0 Å². The zero-order valence-corrected chi connectivity index (χ0v) is 16.6. The largest absolute Gasteiger partial charge is 0.497 e. The normalized spacial score (nSPS) is 14.7. The van der Waals surface area contributed by atoms with Gasteiger partial charge in [0.05, 0.1) is 32.5 Å².